The Hall–Kier alpha value is -3.38. The average molecular weight is 557 g/mol. The number of fused-ring (bicyclic) bond motifs is 1. The van der Waals surface area contributed by atoms with Crippen LogP contribution in [0.15, 0.2) is 41.3 Å². The number of aryl methyl sites for hydroxylation is 1. The van der Waals surface area contributed by atoms with Gasteiger partial charge in [0.1, 0.15) is 11.4 Å². The molecule has 4 rings (SSSR count). The minimum Gasteiger partial charge on any atom is -0.477 e. The van der Waals surface area contributed by atoms with E-state index in [1.807, 2.05) is 0 Å². The van der Waals surface area contributed by atoms with Crippen molar-refractivity contribution in [3.8, 4) is 0 Å². The molecule has 0 saturated carbocycles. The van der Waals surface area contributed by atoms with Gasteiger partial charge in [-0.2, -0.15) is 13.2 Å². The number of aromatic nitrogens is 1. The summed E-state index contributed by atoms with van der Waals surface area (Å²) in [6.07, 6.45) is -3.29. The van der Waals surface area contributed by atoms with Crippen molar-refractivity contribution in [2.75, 3.05) is 36.4 Å². The highest BCUT2D eigenvalue weighted by Crippen LogP contribution is 2.34. The standard InChI is InChI=1S/C24H21ClF4N4O3S/c1-2-31-12-15(22(35)36)21(34)14-10-17(26)20(11-19(14)31)32-5-7-33(8-6-32)23(37)30-18-9-13(24(27,28)29)3-4-16(18)25/h3-4,9-12H,2,5-8H2,1H3,(H,30,37)(H,35,36). The van der Waals surface area contributed by atoms with Crippen molar-refractivity contribution in [3.63, 3.8) is 0 Å². The third kappa shape index (κ3) is 5.35. The van der Waals surface area contributed by atoms with Crippen LogP contribution in [-0.2, 0) is 12.7 Å². The van der Waals surface area contributed by atoms with Gasteiger partial charge in [0.05, 0.1) is 27.5 Å². The van der Waals surface area contributed by atoms with Gasteiger partial charge in [-0.15, -0.1) is 0 Å². The van der Waals surface area contributed by atoms with Crippen LogP contribution in [0.1, 0.15) is 22.8 Å². The fourth-order valence-corrected chi connectivity index (χ4v) is 4.66. The number of carboxylic acid groups (broad SMARTS) is 1. The number of halogens is 5. The van der Waals surface area contributed by atoms with Crippen molar-refractivity contribution < 1.29 is 27.5 Å². The van der Waals surface area contributed by atoms with E-state index in [1.165, 1.54) is 12.3 Å². The number of alkyl halides is 3. The second kappa shape index (κ2) is 10.2. The number of benzene rings is 2. The Labute approximate surface area is 218 Å². The van der Waals surface area contributed by atoms with Gasteiger partial charge in [0, 0.05) is 44.3 Å². The summed E-state index contributed by atoms with van der Waals surface area (Å²) in [5, 5.41) is 12.3. The van der Waals surface area contributed by atoms with Crippen LogP contribution in [-0.4, -0.2) is 51.8 Å². The monoisotopic (exact) mass is 556 g/mol. The van der Waals surface area contributed by atoms with Gasteiger partial charge >= 0.3 is 12.1 Å². The number of pyridine rings is 1. The summed E-state index contributed by atoms with van der Waals surface area (Å²) in [5.74, 6) is -2.05. The molecule has 3 aromatic rings. The van der Waals surface area contributed by atoms with Crippen molar-refractivity contribution in [2.45, 2.75) is 19.6 Å². The van der Waals surface area contributed by atoms with E-state index < -0.39 is 34.5 Å². The van der Waals surface area contributed by atoms with Crippen molar-refractivity contribution in [3.05, 3.63) is 68.7 Å². The maximum atomic E-state index is 15.1. The fourth-order valence-electron chi connectivity index (χ4n) is 4.20. The number of aromatic carboxylic acids is 1. The molecule has 0 radical (unpaired) electrons. The molecular formula is C24H21ClF4N4O3S. The van der Waals surface area contributed by atoms with Crippen LogP contribution < -0.4 is 15.6 Å². The first-order valence-electron chi connectivity index (χ1n) is 11.2. The molecular weight excluding hydrogens is 536 g/mol. The molecule has 2 N–H and O–H groups in total. The zero-order chi connectivity index (χ0) is 27.1. The van der Waals surface area contributed by atoms with E-state index >= 15 is 4.39 Å². The Morgan fingerprint density at radius 1 is 1.16 bits per heavy atom. The highest BCUT2D eigenvalue weighted by atomic mass is 35.5. The molecule has 1 saturated heterocycles. The second-order valence-corrected chi connectivity index (χ2v) is 9.17. The number of carboxylic acids is 1. The molecule has 0 unspecified atom stereocenters. The van der Waals surface area contributed by atoms with Crippen LogP contribution in [0.4, 0.5) is 28.9 Å². The summed E-state index contributed by atoms with van der Waals surface area (Å²) in [6.45, 7) is 3.51. The number of anilines is 2. The van der Waals surface area contributed by atoms with Crippen LogP contribution in [0.25, 0.3) is 10.9 Å². The molecule has 2 heterocycles. The lowest BCUT2D eigenvalue weighted by molar-refractivity contribution is -0.137. The molecule has 0 bridgehead atoms. The number of hydrogen-bond acceptors (Lipinski definition) is 4. The molecule has 1 aromatic heterocycles. The Bertz CT molecular complexity index is 1450. The Kier molecular flexibility index (Phi) is 7.33. The summed E-state index contributed by atoms with van der Waals surface area (Å²) >= 11 is 11.4. The Morgan fingerprint density at radius 2 is 1.84 bits per heavy atom. The molecule has 0 aliphatic carbocycles. The maximum Gasteiger partial charge on any atom is 0.416 e. The lowest BCUT2D eigenvalue weighted by Gasteiger charge is -2.37. The molecule has 0 amide bonds. The highest BCUT2D eigenvalue weighted by Gasteiger charge is 2.31. The summed E-state index contributed by atoms with van der Waals surface area (Å²) in [6, 6.07) is 5.49. The van der Waals surface area contributed by atoms with E-state index in [2.05, 4.69) is 5.32 Å². The van der Waals surface area contributed by atoms with Gasteiger partial charge < -0.3 is 24.8 Å². The molecule has 0 spiro atoms. The van der Waals surface area contributed by atoms with Crippen molar-refractivity contribution >= 4 is 57.2 Å². The molecule has 13 heteroatoms. The summed E-state index contributed by atoms with van der Waals surface area (Å²) in [7, 11) is 0. The number of piperazine rings is 1. The SMILES string of the molecule is CCn1cc(C(=O)O)c(=O)c2cc(F)c(N3CCN(C(=S)Nc4cc(C(F)(F)F)ccc4Cl)CC3)cc21. The molecule has 196 valence electrons. The zero-order valence-electron chi connectivity index (χ0n) is 19.4. The molecule has 1 fully saturated rings. The van der Waals surface area contributed by atoms with E-state index in [1.54, 1.807) is 21.3 Å². The van der Waals surface area contributed by atoms with Gasteiger partial charge in [-0.05, 0) is 49.5 Å². The lowest BCUT2D eigenvalue weighted by atomic mass is 10.1. The minimum atomic E-state index is -4.53. The summed E-state index contributed by atoms with van der Waals surface area (Å²) in [4.78, 5) is 27.5. The summed E-state index contributed by atoms with van der Waals surface area (Å²) < 4.78 is 55.8. The number of rotatable bonds is 4. The molecule has 1 aliphatic rings. The van der Waals surface area contributed by atoms with Gasteiger partial charge in [0.15, 0.2) is 5.11 Å². The first kappa shape index (κ1) is 26.7. The molecule has 7 nitrogen and oxygen atoms in total. The third-order valence-corrected chi connectivity index (χ3v) is 6.85. The predicted molar refractivity (Wildman–Crippen MR) is 137 cm³/mol. The van der Waals surface area contributed by atoms with Crippen LogP contribution in [0, 0.1) is 5.82 Å². The normalized spacial score (nSPS) is 14.2. The molecule has 1 aliphatic heterocycles. The van der Waals surface area contributed by atoms with E-state index in [0.717, 1.165) is 24.3 Å². The molecule has 0 atom stereocenters. The number of carbonyl (C=O) groups is 1. The van der Waals surface area contributed by atoms with Crippen molar-refractivity contribution in [1.29, 1.82) is 0 Å². The largest absolute Gasteiger partial charge is 0.477 e. The topological polar surface area (TPSA) is 77.8 Å². The van der Waals surface area contributed by atoms with Gasteiger partial charge in [0.25, 0.3) is 0 Å². The smallest absolute Gasteiger partial charge is 0.416 e. The van der Waals surface area contributed by atoms with Crippen LogP contribution in [0.2, 0.25) is 5.02 Å². The number of hydrogen-bond donors (Lipinski definition) is 2. The average Bonchev–Trinajstić information content (AvgIpc) is 2.84. The van der Waals surface area contributed by atoms with Crippen molar-refractivity contribution in [1.82, 2.24) is 9.47 Å². The summed E-state index contributed by atoms with van der Waals surface area (Å²) in [5.41, 5.74) is -1.36. The Morgan fingerprint density at radius 3 is 2.43 bits per heavy atom. The van der Waals surface area contributed by atoms with Crippen LogP contribution in [0.5, 0.6) is 0 Å². The first-order chi connectivity index (χ1) is 17.4. The Balaban J connectivity index is 1.53. The van der Waals surface area contributed by atoms with E-state index in [4.69, 9.17) is 23.8 Å². The van der Waals surface area contributed by atoms with Gasteiger partial charge in [-0.3, -0.25) is 4.79 Å². The van der Waals surface area contributed by atoms with E-state index in [9.17, 15) is 27.9 Å². The number of nitrogens with zero attached hydrogens (tertiary/aromatic N) is 3. The second-order valence-electron chi connectivity index (χ2n) is 8.38. The van der Waals surface area contributed by atoms with E-state index in [-0.39, 0.29) is 26.9 Å². The predicted octanol–water partition coefficient (Wildman–Crippen LogP) is 5.05. The van der Waals surface area contributed by atoms with Crippen LogP contribution >= 0.6 is 23.8 Å². The maximum absolute atomic E-state index is 15.1. The highest BCUT2D eigenvalue weighted by molar-refractivity contribution is 7.80. The molecule has 37 heavy (non-hydrogen) atoms. The van der Waals surface area contributed by atoms with Gasteiger partial charge in [0.2, 0.25) is 5.43 Å². The van der Waals surface area contributed by atoms with Crippen molar-refractivity contribution in [2.24, 2.45) is 0 Å². The zero-order valence-corrected chi connectivity index (χ0v) is 21.0. The van der Waals surface area contributed by atoms with Crippen LogP contribution in [0.3, 0.4) is 0 Å². The van der Waals surface area contributed by atoms with E-state index in [0.29, 0.717) is 38.2 Å². The third-order valence-electron chi connectivity index (χ3n) is 6.16. The fraction of sp³-hybridized carbons (Fsp3) is 0.292. The first-order valence-corrected chi connectivity index (χ1v) is 12.0. The van der Waals surface area contributed by atoms with Gasteiger partial charge in [-0.1, -0.05) is 11.6 Å². The molecule has 2 aromatic carbocycles. The minimum absolute atomic E-state index is 0.0232. The quantitative estimate of drug-likeness (QED) is 0.344. The lowest BCUT2D eigenvalue weighted by Crippen LogP contribution is -2.50. The van der Waals surface area contributed by atoms with Gasteiger partial charge in [-0.25, -0.2) is 9.18 Å². The number of nitrogens with one attached hydrogen (secondary N) is 1. The number of thiocarbonyl (C=S) groups is 1.